The van der Waals surface area contributed by atoms with Crippen molar-refractivity contribution in [3.8, 4) is 78.3 Å². The quantitative estimate of drug-likeness (QED) is 0.0758. The second kappa shape index (κ2) is 23.0. The van der Waals surface area contributed by atoms with Gasteiger partial charge in [-0.15, -0.1) is 101 Å². The predicted octanol–water partition coefficient (Wildman–Crippen LogP) is 16.8. The summed E-state index contributed by atoms with van der Waals surface area (Å²) in [5, 5.41) is 5.17. The molecule has 0 saturated carbocycles. The summed E-state index contributed by atoms with van der Waals surface area (Å²) < 4.78 is 0. The average Bonchev–Trinajstić information content (AvgIpc) is 3.46. The maximum atomic E-state index is 4.83. The number of hydrogen-bond acceptors (Lipinski definition) is 3. The van der Waals surface area contributed by atoms with Gasteiger partial charge in [0.2, 0.25) is 0 Å². The Balaban J connectivity index is 0.00000672. The molecule has 8 aromatic carbocycles. The average molecular weight is 1210 g/mol. The molecule has 0 amide bonds. The molecule has 0 N–H and O–H groups in total. The Morgan fingerprint density at radius 1 is 0.338 bits per heavy atom. The maximum Gasteiger partial charge on any atom is 3.00 e. The number of benzene rings is 8. The maximum absolute atomic E-state index is 4.83. The topological polar surface area (TPSA) is 38.7 Å². The minimum Gasteiger partial charge on any atom is -0.305 e. The van der Waals surface area contributed by atoms with E-state index in [4.69, 9.17) is 15.0 Å². The van der Waals surface area contributed by atoms with E-state index in [2.05, 4.69) is 270 Å². The number of aryl methyl sites for hydroxylation is 4. The third-order valence-corrected chi connectivity index (χ3v) is 18.8. The van der Waals surface area contributed by atoms with E-state index < -0.39 is 16.1 Å². The van der Waals surface area contributed by atoms with Crippen molar-refractivity contribution in [1.29, 1.82) is 0 Å². The first kappa shape index (κ1) is 53.0. The van der Waals surface area contributed by atoms with Crippen LogP contribution in [0.1, 0.15) is 22.3 Å². The van der Waals surface area contributed by atoms with Gasteiger partial charge in [0, 0.05) is 18.6 Å². The second-order valence-electron chi connectivity index (χ2n) is 22.2. The number of hydrogen-bond donors (Lipinski definition) is 0. The Kier molecular flexibility index (Phi) is 15.8. The van der Waals surface area contributed by atoms with Crippen LogP contribution in [0.15, 0.2) is 219 Å². The fourth-order valence-electron chi connectivity index (χ4n) is 10.1. The van der Waals surface area contributed by atoms with E-state index in [1.54, 1.807) is 0 Å². The van der Waals surface area contributed by atoms with Gasteiger partial charge in [0.05, 0.1) is 16.1 Å². The zero-order valence-corrected chi connectivity index (χ0v) is 49.2. The van der Waals surface area contributed by atoms with Gasteiger partial charge in [-0.1, -0.05) is 191 Å². The Labute approximate surface area is 471 Å². The first-order chi connectivity index (χ1) is 36.9. The van der Waals surface area contributed by atoms with Crippen LogP contribution in [0.3, 0.4) is 0 Å². The second-order valence-corrected chi connectivity index (χ2v) is 32.4. The molecule has 6 heteroatoms. The Hall–Kier alpha value is -7.45. The monoisotopic (exact) mass is 1210 g/mol. The van der Waals surface area contributed by atoms with Gasteiger partial charge >= 0.3 is 20.1 Å². The summed E-state index contributed by atoms with van der Waals surface area (Å²) in [7, 11) is -2.84. The van der Waals surface area contributed by atoms with E-state index in [1.165, 1.54) is 71.2 Å². The minimum atomic E-state index is -1.42. The van der Waals surface area contributed by atoms with Crippen LogP contribution >= 0.6 is 0 Å². The molecule has 0 aliphatic carbocycles. The zero-order valence-electron chi connectivity index (χ0n) is 44.8. The first-order valence-corrected chi connectivity index (χ1v) is 33.6. The van der Waals surface area contributed by atoms with Crippen LogP contribution in [-0.2, 0) is 45.8 Å². The van der Waals surface area contributed by atoms with Gasteiger partial charge in [-0.2, -0.15) is 0 Å². The number of pyridine rings is 3. The van der Waals surface area contributed by atoms with Gasteiger partial charge in [-0.25, -0.2) is 0 Å². The fourth-order valence-corrected chi connectivity index (χ4v) is 12.1. The number of aromatic nitrogens is 3. The van der Waals surface area contributed by atoms with Crippen LogP contribution in [-0.4, -0.2) is 31.1 Å². The van der Waals surface area contributed by atoms with Gasteiger partial charge in [0.15, 0.2) is 0 Å². The molecule has 0 bridgehead atoms. The molecule has 11 rings (SSSR count). The van der Waals surface area contributed by atoms with Crippen molar-refractivity contribution in [1.82, 2.24) is 15.0 Å². The first-order valence-electron chi connectivity index (χ1n) is 26.6. The SMILES string of the molecule is C[Si](C)(C)c1ccc(-c2[c-]cc(CCc3cc(CCc4c[c-]c(-c5ccc([Si](C)(C)C)cn5)cc4)cc(-c4ccccc4-c4c[c-]c(-c5cc(-c6ccc7cc(-c8ccccc8)ccc7c6)ccn5)cc4)c3)cc2)nc1.[Ir+3]. The van der Waals surface area contributed by atoms with Gasteiger partial charge in [-0.05, 0) is 114 Å². The van der Waals surface area contributed by atoms with E-state index in [1.807, 2.05) is 6.20 Å². The van der Waals surface area contributed by atoms with Crippen molar-refractivity contribution in [3.63, 3.8) is 0 Å². The van der Waals surface area contributed by atoms with Crippen LogP contribution in [0.5, 0.6) is 0 Å². The zero-order chi connectivity index (χ0) is 52.2. The van der Waals surface area contributed by atoms with Crippen molar-refractivity contribution < 1.29 is 20.1 Å². The van der Waals surface area contributed by atoms with Crippen molar-refractivity contribution in [2.45, 2.75) is 65.0 Å². The Morgan fingerprint density at radius 2 is 0.805 bits per heavy atom. The predicted molar refractivity (Wildman–Crippen MR) is 326 cm³/mol. The van der Waals surface area contributed by atoms with Crippen LogP contribution in [0, 0.1) is 18.2 Å². The molecular formula is C71H62IrN3Si2. The molecule has 0 saturated heterocycles. The molecule has 3 heterocycles. The van der Waals surface area contributed by atoms with E-state index >= 15 is 0 Å². The Morgan fingerprint density at radius 3 is 1.30 bits per heavy atom. The van der Waals surface area contributed by atoms with Gasteiger partial charge < -0.3 is 15.0 Å². The molecule has 378 valence electrons. The van der Waals surface area contributed by atoms with E-state index in [-0.39, 0.29) is 20.1 Å². The molecule has 77 heavy (non-hydrogen) atoms. The molecule has 0 spiro atoms. The van der Waals surface area contributed by atoms with Gasteiger partial charge in [0.25, 0.3) is 0 Å². The molecule has 0 atom stereocenters. The summed E-state index contributed by atoms with van der Waals surface area (Å²) in [4.78, 5) is 14.5. The minimum absolute atomic E-state index is 0. The Bertz CT molecular complexity index is 3660. The molecule has 0 aliphatic rings. The van der Waals surface area contributed by atoms with Crippen molar-refractivity contribution in [2.24, 2.45) is 0 Å². The van der Waals surface area contributed by atoms with Crippen LogP contribution in [0.25, 0.3) is 89.1 Å². The van der Waals surface area contributed by atoms with Crippen LogP contribution in [0.2, 0.25) is 39.3 Å². The summed E-state index contributed by atoms with van der Waals surface area (Å²) in [6.45, 7) is 14.1. The summed E-state index contributed by atoms with van der Waals surface area (Å²) in [5.74, 6) is 0. The molecule has 0 unspecified atom stereocenters. The smallest absolute Gasteiger partial charge is 0.305 e. The van der Waals surface area contributed by atoms with Crippen molar-refractivity contribution in [3.05, 3.63) is 259 Å². The molecule has 3 nitrogen and oxygen atoms in total. The van der Waals surface area contributed by atoms with Crippen LogP contribution < -0.4 is 10.4 Å². The van der Waals surface area contributed by atoms with Gasteiger partial charge in [-0.3, -0.25) is 0 Å². The molecule has 0 aliphatic heterocycles. The molecule has 0 fully saturated rings. The molecular weight excluding hydrogens is 1140 g/mol. The summed E-state index contributed by atoms with van der Waals surface area (Å²) in [5.41, 5.74) is 20.5. The van der Waals surface area contributed by atoms with Crippen molar-refractivity contribution >= 4 is 37.3 Å². The summed E-state index contributed by atoms with van der Waals surface area (Å²) in [6, 6.07) is 83.4. The number of nitrogens with zero attached hydrogens (tertiary/aromatic N) is 3. The van der Waals surface area contributed by atoms with Crippen molar-refractivity contribution in [2.75, 3.05) is 0 Å². The number of rotatable bonds is 15. The third kappa shape index (κ3) is 12.5. The summed E-state index contributed by atoms with van der Waals surface area (Å²) in [6.07, 6.45) is 9.67. The largest absolute Gasteiger partial charge is 3.00 e. The standard InChI is InChI=1S/C71H62N3Si2.Ir/c1-75(2,3)65-36-38-69(73-48-65)56-24-20-50(21-25-56)16-18-52-42-53(19-17-51-22-26-57(27-23-51)70-39-37-66(49-74-70)76(4,5)6)44-64(43-52)68-15-11-10-14-67(68)55-28-30-58(31-29-55)71-47-63(40-41-72-71)62-35-34-60-45-59(32-33-61(60)46-62)54-12-8-7-9-13-54;/h7-15,20-24,26,28-30,32-49H,16-19H2,1-6H3;/q-3;+3. The number of fused-ring (bicyclic) bond motifs is 1. The normalized spacial score (nSPS) is 11.6. The van der Waals surface area contributed by atoms with E-state index in [0.29, 0.717) is 0 Å². The van der Waals surface area contributed by atoms with Crippen LogP contribution in [0.4, 0.5) is 0 Å². The fraction of sp³-hybridized carbons (Fsp3) is 0.141. The van der Waals surface area contributed by atoms with Gasteiger partial charge in [0.1, 0.15) is 0 Å². The molecule has 0 radical (unpaired) electrons. The molecule has 3 aromatic heterocycles. The third-order valence-electron chi connectivity index (χ3n) is 14.7. The van der Waals surface area contributed by atoms with E-state index in [0.717, 1.165) is 76.1 Å². The summed E-state index contributed by atoms with van der Waals surface area (Å²) >= 11 is 0. The van der Waals surface area contributed by atoms with E-state index in [9.17, 15) is 0 Å². The molecule has 11 aromatic rings.